The quantitative estimate of drug-likeness (QED) is 0.820. The molecule has 4 nitrogen and oxygen atoms in total. The van der Waals surface area contributed by atoms with E-state index in [0.29, 0.717) is 22.0 Å². The molecule has 2 amide bonds. The van der Waals surface area contributed by atoms with E-state index in [4.69, 9.17) is 11.6 Å². The van der Waals surface area contributed by atoms with Crippen molar-refractivity contribution in [2.24, 2.45) is 0 Å². The summed E-state index contributed by atoms with van der Waals surface area (Å²) < 4.78 is 0. The van der Waals surface area contributed by atoms with Gasteiger partial charge >= 0.3 is 6.03 Å². The summed E-state index contributed by atoms with van der Waals surface area (Å²) in [6.45, 7) is 3.40. The van der Waals surface area contributed by atoms with Gasteiger partial charge in [0.15, 0.2) is 5.78 Å². The number of Topliss-reactive ketones (excluding diaryl/α,β-unsaturated/α-hetero) is 1. The van der Waals surface area contributed by atoms with Gasteiger partial charge in [-0.2, -0.15) is 0 Å². The first-order chi connectivity index (χ1) is 9.95. The van der Waals surface area contributed by atoms with Crippen molar-refractivity contribution in [3.8, 4) is 0 Å². The third-order valence-electron chi connectivity index (χ3n) is 2.90. The molecule has 0 atom stereocenters. The fourth-order valence-electron chi connectivity index (χ4n) is 1.82. The highest BCUT2D eigenvalue weighted by atomic mass is 35.5. The lowest BCUT2D eigenvalue weighted by Crippen LogP contribution is -2.19. The van der Waals surface area contributed by atoms with Gasteiger partial charge in [-0.05, 0) is 43.7 Å². The van der Waals surface area contributed by atoms with Gasteiger partial charge in [-0.3, -0.25) is 4.79 Å². The monoisotopic (exact) mass is 302 g/mol. The zero-order chi connectivity index (χ0) is 15.4. The Morgan fingerprint density at radius 3 is 2.48 bits per heavy atom. The van der Waals surface area contributed by atoms with Gasteiger partial charge in [0.05, 0.1) is 10.7 Å². The van der Waals surface area contributed by atoms with E-state index in [1.165, 1.54) is 6.92 Å². The molecule has 0 radical (unpaired) electrons. The molecule has 0 aliphatic rings. The third kappa shape index (κ3) is 4.07. The second-order valence-electron chi connectivity index (χ2n) is 4.70. The van der Waals surface area contributed by atoms with Crippen LogP contribution in [0.4, 0.5) is 16.2 Å². The van der Waals surface area contributed by atoms with Crippen molar-refractivity contribution in [1.82, 2.24) is 0 Å². The molecule has 0 heterocycles. The molecule has 2 rings (SSSR count). The first-order valence-corrected chi connectivity index (χ1v) is 6.78. The van der Waals surface area contributed by atoms with Gasteiger partial charge in [0.1, 0.15) is 0 Å². The van der Waals surface area contributed by atoms with Crippen LogP contribution in [0.2, 0.25) is 5.02 Å². The normalized spacial score (nSPS) is 10.0. The lowest BCUT2D eigenvalue weighted by molar-refractivity contribution is 0.101. The molecule has 0 bridgehead atoms. The molecule has 108 valence electrons. The zero-order valence-corrected chi connectivity index (χ0v) is 12.5. The van der Waals surface area contributed by atoms with Crippen molar-refractivity contribution in [1.29, 1.82) is 0 Å². The summed E-state index contributed by atoms with van der Waals surface area (Å²) in [5.74, 6) is -0.0550. The van der Waals surface area contributed by atoms with Crippen molar-refractivity contribution in [2.45, 2.75) is 13.8 Å². The number of carbonyl (C=O) groups excluding carboxylic acids is 2. The van der Waals surface area contributed by atoms with Crippen molar-refractivity contribution >= 4 is 34.8 Å². The van der Waals surface area contributed by atoms with Crippen molar-refractivity contribution in [3.63, 3.8) is 0 Å². The van der Waals surface area contributed by atoms with Gasteiger partial charge in [-0.1, -0.05) is 29.8 Å². The van der Waals surface area contributed by atoms with Crippen LogP contribution in [-0.4, -0.2) is 11.8 Å². The SMILES string of the molecule is CC(=O)c1cccc(NC(=O)Nc2ccc(C)cc2Cl)c1. The van der Waals surface area contributed by atoms with Crippen LogP contribution >= 0.6 is 11.6 Å². The van der Waals surface area contributed by atoms with Gasteiger partial charge in [0.2, 0.25) is 0 Å². The van der Waals surface area contributed by atoms with Gasteiger partial charge in [0.25, 0.3) is 0 Å². The molecule has 2 aromatic carbocycles. The predicted molar refractivity (Wildman–Crippen MR) is 85.3 cm³/mol. The molecule has 0 fully saturated rings. The molecule has 0 aromatic heterocycles. The van der Waals surface area contributed by atoms with Gasteiger partial charge in [0, 0.05) is 11.3 Å². The molecular weight excluding hydrogens is 288 g/mol. The number of ketones is 1. The number of urea groups is 1. The summed E-state index contributed by atoms with van der Waals surface area (Å²) >= 11 is 6.06. The van der Waals surface area contributed by atoms with Crippen LogP contribution in [0.5, 0.6) is 0 Å². The average Bonchev–Trinajstić information content (AvgIpc) is 2.42. The Labute approximate surface area is 128 Å². The second-order valence-corrected chi connectivity index (χ2v) is 5.11. The van der Waals surface area contributed by atoms with Crippen LogP contribution in [0, 0.1) is 6.92 Å². The highest BCUT2D eigenvalue weighted by Gasteiger charge is 2.07. The Morgan fingerprint density at radius 2 is 1.81 bits per heavy atom. The zero-order valence-electron chi connectivity index (χ0n) is 11.7. The number of aryl methyl sites for hydroxylation is 1. The van der Waals surface area contributed by atoms with E-state index in [0.717, 1.165) is 5.56 Å². The molecule has 2 N–H and O–H groups in total. The minimum atomic E-state index is -0.415. The number of carbonyl (C=O) groups is 2. The topological polar surface area (TPSA) is 58.2 Å². The van der Waals surface area contributed by atoms with Crippen LogP contribution in [0.1, 0.15) is 22.8 Å². The molecule has 0 aliphatic carbocycles. The Bertz CT molecular complexity index is 698. The molecule has 2 aromatic rings. The number of benzene rings is 2. The Kier molecular flexibility index (Phi) is 4.60. The fraction of sp³-hybridized carbons (Fsp3) is 0.125. The lowest BCUT2D eigenvalue weighted by Gasteiger charge is -2.10. The standard InChI is InChI=1S/C16H15ClN2O2/c1-10-6-7-15(14(17)8-10)19-16(21)18-13-5-3-4-12(9-13)11(2)20/h3-9H,1-2H3,(H2,18,19,21). The number of amides is 2. The summed E-state index contributed by atoms with van der Waals surface area (Å²) in [4.78, 5) is 23.2. The first kappa shape index (κ1) is 15.1. The third-order valence-corrected chi connectivity index (χ3v) is 3.21. The number of hydrogen-bond donors (Lipinski definition) is 2. The van der Waals surface area contributed by atoms with Gasteiger partial charge < -0.3 is 10.6 Å². The largest absolute Gasteiger partial charge is 0.323 e. The maximum absolute atomic E-state index is 11.9. The smallest absolute Gasteiger partial charge is 0.308 e. The number of hydrogen-bond acceptors (Lipinski definition) is 2. The van der Waals surface area contributed by atoms with Crippen LogP contribution < -0.4 is 10.6 Å². The molecule has 0 saturated carbocycles. The number of nitrogens with one attached hydrogen (secondary N) is 2. The van der Waals surface area contributed by atoms with E-state index in [2.05, 4.69) is 10.6 Å². The highest BCUT2D eigenvalue weighted by Crippen LogP contribution is 2.23. The van der Waals surface area contributed by atoms with E-state index >= 15 is 0 Å². The summed E-state index contributed by atoms with van der Waals surface area (Å²) in [5.41, 5.74) is 2.63. The van der Waals surface area contributed by atoms with Crippen LogP contribution in [0.15, 0.2) is 42.5 Å². The minimum Gasteiger partial charge on any atom is -0.308 e. The summed E-state index contributed by atoms with van der Waals surface area (Å²) in [6.07, 6.45) is 0. The van der Waals surface area contributed by atoms with Gasteiger partial charge in [-0.15, -0.1) is 0 Å². The Hall–Kier alpha value is -2.33. The maximum Gasteiger partial charge on any atom is 0.323 e. The van der Waals surface area contributed by atoms with E-state index in [9.17, 15) is 9.59 Å². The van der Waals surface area contributed by atoms with Crippen molar-refractivity contribution < 1.29 is 9.59 Å². The van der Waals surface area contributed by atoms with Crippen LogP contribution in [0.25, 0.3) is 0 Å². The lowest BCUT2D eigenvalue weighted by atomic mass is 10.1. The predicted octanol–water partition coefficient (Wildman–Crippen LogP) is 4.50. The van der Waals surface area contributed by atoms with E-state index in [1.54, 1.807) is 36.4 Å². The number of rotatable bonds is 3. The summed E-state index contributed by atoms with van der Waals surface area (Å²) in [5, 5.41) is 5.81. The molecule has 5 heteroatoms. The molecule has 0 saturated heterocycles. The number of halogens is 1. The Morgan fingerprint density at radius 1 is 1.05 bits per heavy atom. The maximum atomic E-state index is 11.9. The molecule has 0 aliphatic heterocycles. The second kappa shape index (κ2) is 6.41. The molecule has 0 unspecified atom stereocenters. The van der Waals surface area contributed by atoms with Gasteiger partial charge in [-0.25, -0.2) is 4.79 Å². The van der Waals surface area contributed by atoms with Crippen molar-refractivity contribution in [2.75, 3.05) is 10.6 Å². The van der Waals surface area contributed by atoms with Crippen LogP contribution in [-0.2, 0) is 0 Å². The van der Waals surface area contributed by atoms with Crippen molar-refractivity contribution in [3.05, 3.63) is 58.6 Å². The molecule has 0 spiro atoms. The Balaban J connectivity index is 2.08. The van der Waals surface area contributed by atoms with Crippen LogP contribution in [0.3, 0.4) is 0 Å². The van der Waals surface area contributed by atoms with E-state index in [-0.39, 0.29) is 5.78 Å². The summed E-state index contributed by atoms with van der Waals surface area (Å²) in [7, 11) is 0. The first-order valence-electron chi connectivity index (χ1n) is 6.41. The van der Waals surface area contributed by atoms with E-state index < -0.39 is 6.03 Å². The molecule has 21 heavy (non-hydrogen) atoms. The highest BCUT2D eigenvalue weighted by molar-refractivity contribution is 6.33. The van der Waals surface area contributed by atoms with E-state index in [1.807, 2.05) is 13.0 Å². The molecular formula is C16H15ClN2O2. The minimum absolute atomic E-state index is 0.0550. The fourth-order valence-corrected chi connectivity index (χ4v) is 2.10. The number of anilines is 2. The summed E-state index contributed by atoms with van der Waals surface area (Å²) in [6, 6.07) is 11.7. The average molecular weight is 303 g/mol.